The van der Waals surface area contributed by atoms with E-state index in [0.29, 0.717) is 13.0 Å². The number of halogens is 2. The first-order chi connectivity index (χ1) is 11.2. The van der Waals surface area contributed by atoms with Crippen molar-refractivity contribution >= 4 is 29.9 Å². The van der Waals surface area contributed by atoms with Crippen molar-refractivity contribution in [1.29, 1.82) is 0 Å². The lowest BCUT2D eigenvalue weighted by molar-refractivity contribution is 0.249. The quantitative estimate of drug-likeness (QED) is 0.383. The Labute approximate surface area is 162 Å². The van der Waals surface area contributed by atoms with Gasteiger partial charge in [-0.05, 0) is 37.9 Å². The lowest BCUT2D eigenvalue weighted by Gasteiger charge is -2.24. The minimum Gasteiger partial charge on any atom is -0.356 e. The molecule has 1 saturated carbocycles. The molecule has 0 aromatic heterocycles. The van der Waals surface area contributed by atoms with Gasteiger partial charge in [0.25, 0.3) is 0 Å². The van der Waals surface area contributed by atoms with E-state index in [2.05, 4.69) is 27.6 Å². The summed E-state index contributed by atoms with van der Waals surface area (Å²) in [6.45, 7) is 2.55. The van der Waals surface area contributed by atoms with Crippen LogP contribution >= 0.6 is 24.0 Å². The van der Waals surface area contributed by atoms with Gasteiger partial charge in [0.15, 0.2) is 5.96 Å². The Balaban J connectivity index is 0.00000288. The van der Waals surface area contributed by atoms with Crippen molar-refractivity contribution < 1.29 is 4.39 Å². The second-order valence-corrected chi connectivity index (χ2v) is 6.19. The normalized spacial score (nSPS) is 15.4. The van der Waals surface area contributed by atoms with Crippen molar-refractivity contribution in [3.8, 4) is 0 Å². The van der Waals surface area contributed by atoms with Crippen LogP contribution in [0, 0.1) is 5.82 Å². The molecule has 0 atom stereocenters. The summed E-state index contributed by atoms with van der Waals surface area (Å²) in [6, 6.07) is 7.65. The van der Waals surface area contributed by atoms with Gasteiger partial charge in [0.2, 0.25) is 0 Å². The van der Waals surface area contributed by atoms with E-state index >= 15 is 0 Å². The summed E-state index contributed by atoms with van der Waals surface area (Å²) in [4.78, 5) is 6.66. The maximum Gasteiger partial charge on any atom is 0.191 e. The van der Waals surface area contributed by atoms with Gasteiger partial charge in [0.05, 0.1) is 0 Å². The first kappa shape index (κ1) is 21.2. The zero-order chi connectivity index (χ0) is 16.5. The average Bonchev–Trinajstić information content (AvgIpc) is 3.09. The van der Waals surface area contributed by atoms with Gasteiger partial charge in [-0.1, -0.05) is 31.0 Å². The Bertz CT molecular complexity index is 504. The number of guanidine groups is 1. The molecule has 0 amide bonds. The van der Waals surface area contributed by atoms with Gasteiger partial charge in [-0.15, -0.1) is 24.0 Å². The molecule has 0 bridgehead atoms. The van der Waals surface area contributed by atoms with Crippen LogP contribution in [0.1, 0.15) is 31.2 Å². The molecule has 0 spiro atoms. The number of aliphatic imine (C=N–C) groups is 1. The van der Waals surface area contributed by atoms with E-state index < -0.39 is 0 Å². The fraction of sp³-hybridized carbons (Fsp3) is 0.611. The van der Waals surface area contributed by atoms with Crippen LogP contribution < -0.4 is 10.6 Å². The summed E-state index contributed by atoms with van der Waals surface area (Å²) < 4.78 is 13.6. The third kappa shape index (κ3) is 6.93. The van der Waals surface area contributed by atoms with Gasteiger partial charge < -0.3 is 15.5 Å². The Kier molecular flexibility index (Phi) is 10.2. The molecule has 24 heavy (non-hydrogen) atoms. The number of rotatable bonds is 7. The molecule has 6 heteroatoms. The lowest BCUT2D eigenvalue weighted by atomic mass is 10.1. The summed E-state index contributed by atoms with van der Waals surface area (Å²) >= 11 is 0. The molecule has 136 valence electrons. The highest BCUT2D eigenvalue weighted by Crippen LogP contribution is 2.21. The summed E-state index contributed by atoms with van der Waals surface area (Å²) in [6.07, 6.45) is 6.02. The summed E-state index contributed by atoms with van der Waals surface area (Å²) in [5, 5.41) is 6.57. The molecule has 2 N–H and O–H groups in total. The maximum atomic E-state index is 13.6. The molecule has 1 aliphatic rings. The van der Waals surface area contributed by atoms with Crippen molar-refractivity contribution in [2.75, 3.05) is 33.7 Å². The van der Waals surface area contributed by atoms with E-state index in [1.807, 2.05) is 12.1 Å². The van der Waals surface area contributed by atoms with Gasteiger partial charge >= 0.3 is 0 Å². The van der Waals surface area contributed by atoms with Crippen molar-refractivity contribution in [1.82, 2.24) is 15.5 Å². The number of benzene rings is 1. The average molecular weight is 448 g/mol. The fourth-order valence-corrected chi connectivity index (χ4v) is 3.12. The number of nitrogens with one attached hydrogen (secondary N) is 2. The van der Waals surface area contributed by atoms with Crippen LogP contribution in [0.15, 0.2) is 29.3 Å². The lowest BCUT2D eigenvalue weighted by Crippen LogP contribution is -2.43. The van der Waals surface area contributed by atoms with E-state index in [1.165, 1.54) is 31.7 Å². The van der Waals surface area contributed by atoms with Crippen LogP contribution in [-0.4, -0.2) is 50.6 Å². The SMILES string of the molecule is CN=C(NCCc1ccccc1F)NCCN(C)C1CCCC1.I. The van der Waals surface area contributed by atoms with Gasteiger partial charge in [-0.2, -0.15) is 0 Å². The van der Waals surface area contributed by atoms with Gasteiger partial charge in [-0.25, -0.2) is 4.39 Å². The monoisotopic (exact) mass is 448 g/mol. The van der Waals surface area contributed by atoms with E-state index in [4.69, 9.17) is 0 Å². The van der Waals surface area contributed by atoms with Crippen LogP contribution in [-0.2, 0) is 6.42 Å². The molecule has 0 unspecified atom stereocenters. The Morgan fingerprint density at radius 1 is 1.21 bits per heavy atom. The van der Waals surface area contributed by atoms with Gasteiger partial charge in [0, 0.05) is 32.7 Å². The van der Waals surface area contributed by atoms with E-state index in [9.17, 15) is 4.39 Å². The maximum absolute atomic E-state index is 13.6. The fourth-order valence-electron chi connectivity index (χ4n) is 3.12. The van der Waals surface area contributed by atoms with Gasteiger partial charge in [0.1, 0.15) is 5.82 Å². The van der Waals surface area contributed by atoms with Crippen LogP contribution in [0.5, 0.6) is 0 Å². The highest BCUT2D eigenvalue weighted by atomic mass is 127. The summed E-state index contributed by atoms with van der Waals surface area (Å²) in [7, 11) is 3.96. The summed E-state index contributed by atoms with van der Waals surface area (Å²) in [5.74, 6) is 0.636. The molecule has 2 rings (SSSR count). The van der Waals surface area contributed by atoms with Crippen molar-refractivity contribution in [2.24, 2.45) is 4.99 Å². The Morgan fingerprint density at radius 3 is 2.54 bits per heavy atom. The molecule has 1 aliphatic carbocycles. The van der Waals surface area contributed by atoms with Crippen molar-refractivity contribution in [2.45, 2.75) is 38.1 Å². The molecule has 0 aliphatic heterocycles. The van der Waals surface area contributed by atoms with Crippen LogP contribution in [0.25, 0.3) is 0 Å². The zero-order valence-corrected chi connectivity index (χ0v) is 17.1. The minimum atomic E-state index is -0.143. The molecular weight excluding hydrogens is 418 g/mol. The molecule has 0 heterocycles. The van der Waals surface area contributed by atoms with Crippen molar-refractivity contribution in [3.05, 3.63) is 35.6 Å². The van der Waals surface area contributed by atoms with E-state index in [0.717, 1.165) is 30.7 Å². The van der Waals surface area contributed by atoms with Gasteiger partial charge in [-0.3, -0.25) is 4.99 Å². The molecule has 4 nitrogen and oxygen atoms in total. The first-order valence-electron chi connectivity index (χ1n) is 8.59. The number of nitrogens with zero attached hydrogens (tertiary/aromatic N) is 2. The third-order valence-corrected chi connectivity index (χ3v) is 4.57. The molecule has 1 aromatic carbocycles. The zero-order valence-electron chi connectivity index (χ0n) is 14.7. The highest BCUT2D eigenvalue weighted by Gasteiger charge is 2.18. The second-order valence-electron chi connectivity index (χ2n) is 6.19. The Hall–Kier alpha value is -0.890. The molecule has 1 aromatic rings. The topological polar surface area (TPSA) is 39.7 Å². The second kappa shape index (κ2) is 11.6. The van der Waals surface area contributed by atoms with Crippen molar-refractivity contribution in [3.63, 3.8) is 0 Å². The Morgan fingerprint density at radius 2 is 1.88 bits per heavy atom. The number of hydrogen-bond donors (Lipinski definition) is 2. The smallest absolute Gasteiger partial charge is 0.191 e. The van der Waals surface area contributed by atoms with E-state index in [-0.39, 0.29) is 29.8 Å². The number of hydrogen-bond acceptors (Lipinski definition) is 2. The summed E-state index contributed by atoms with van der Waals surface area (Å²) in [5.41, 5.74) is 0.733. The molecular formula is C18H30FIN4. The highest BCUT2D eigenvalue weighted by molar-refractivity contribution is 14.0. The molecule has 0 saturated heterocycles. The molecule has 0 radical (unpaired) electrons. The first-order valence-corrected chi connectivity index (χ1v) is 8.59. The third-order valence-electron chi connectivity index (χ3n) is 4.57. The number of likely N-dealkylation sites (N-methyl/N-ethyl adjacent to an activating group) is 1. The van der Waals surface area contributed by atoms with E-state index in [1.54, 1.807) is 13.1 Å². The molecule has 1 fully saturated rings. The van der Waals surface area contributed by atoms with Crippen LogP contribution in [0.4, 0.5) is 4.39 Å². The van der Waals surface area contributed by atoms with Crippen LogP contribution in [0.2, 0.25) is 0 Å². The predicted octanol–water partition coefficient (Wildman–Crippen LogP) is 3.03. The minimum absolute atomic E-state index is 0. The standard InChI is InChI=1S/C18H29FN4.HI/c1-20-18(21-12-11-15-7-3-6-10-17(15)19)22-13-14-23(2)16-8-4-5-9-16;/h3,6-7,10,16H,4-5,8-9,11-14H2,1-2H3,(H2,20,21,22);1H. The largest absolute Gasteiger partial charge is 0.356 e. The van der Waals surface area contributed by atoms with Crippen LogP contribution in [0.3, 0.4) is 0 Å². The predicted molar refractivity (Wildman–Crippen MR) is 110 cm³/mol.